The molecule has 1 amide bonds. The fraction of sp³-hybridized carbons (Fsp3) is 0.357. The number of rotatable bonds is 5. The van der Waals surface area contributed by atoms with E-state index in [0.717, 1.165) is 19.2 Å². The Labute approximate surface area is 121 Å². The smallest absolute Gasteiger partial charge is 0.335 e. The van der Waals surface area contributed by atoms with Crippen molar-refractivity contribution in [2.75, 3.05) is 18.4 Å². The van der Waals surface area contributed by atoms with Gasteiger partial charge in [-0.25, -0.2) is 9.59 Å². The molecule has 112 valence electrons. The first-order valence-electron chi connectivity index (χ1n) is 6.51. The van der Waals surface area contributed by atoms with Gasteiger partial charge in [0.15, 0.2) is 0 Å². The average molecular weight is 292 g/mol. The largest absolute Gasteiger partial charge is 0.478 e. The van der Waals surface area contributed by atoms with Crippen molar-refractivity contribution in [2.24, 2.45) is 11.8 Å². The monoisotopic (exact) mass is 292 g/mol. The fourth-order valence-corrected chi connectivity index (χ4v) is 2.08. The Kier molecular flexibility index (Phi) is 4.23. The van der Waals surface area contributed by atoms with Crippen LogP contribution in [0.25, 0.3) is 0 Å². The van der Waals surface area contributed by atoms with Crippen molar-refractivity contribution in [3.63, 3.8) is 0 Å². The van der Waals surface area contributed by atoms with Crippen LogP contribution in [0.1, 0.15) is 27.6 Å². The van der Waals surface area contributed by atoms with Gasteiger partial charge in [0.2, 0.25) is 5.91 Å². The summed E-state index contributed by atoms with van der Waals surface area (Å²) in [5, 5.41) is 23.6. The van der Waals surface area contributed by atoms with Crippen molar-refractivity contribution >= 4 is 23.5 Å². The Morgan fingerprint density at radius 2 is 1.67 bits per heavy atom. The second-order valence-corrected chi connectivity index (χ2v) is 5.11. The maximum absolute atomic E-state index is 12.1. The molecule has 1 unspecified atom stereocenters. The van der Waals surface area contributed by atoms with E-state index in [1.807, 2.05) is 0 Å². The molecule has 1 aliphatic heterocycles. The van der Waals surface area contributed by atoms with Crippen LogP contribution < -0.4 is 10.6 Å². The van der Waals surface area contributed by atoms with Crippen LogP contribution in [-0.2, 0) is 4.79 Å². The summed E-state index contributed by atoms with van der Waals surface area (Å²) in [6.07, 6.45) is 0. The van der Waals surface area contributed by atoms with E-state index in [9.17, 15) is 14.4 Å². The summed E-state index contributed by atoms with van der Waals surface area (Å²) in [5.74, 6) is -2.73. The molecule has 7 heteroatoms. The van der Waals surface area contributed by atoms with E-state index in [0.29, 0.717) is 0 Å². The molecule has 1 saturated heterocycles. The maximum atomic E-state index is 12.1. The topological polar surface area (TPSA) is 116 Å². The highest BCUT2D eigenvalue weighted by Gasteiger charge is 2.28. The summed E-state index contributed by atoms with van der Waals surface area (Å²) in [6.45, 7) is 3.33. The first-order valence-corrected chi connectivity index (χ1v) is 6.51. The van der Waals surface area contributed by atoms with Crippen LogP contribution in [-0.4, -0.2) is 41.1 Å². The summed E-state index contributed by atoms with van der Waals surface area (Å²) < 4.78 is 0. The predicted octanol–water partition coefficient (Wildman–Crippen LogP) is 0.877. The van der Waals surface area contributed by atoms with Gasteiger partial charge in [-0.15, -0.1) is 0 Å². The van der Waals surface area contributed by atoms with E-state index < -0.39 is 11.9 Å². The number of hydrogen-bond acceptors (Lipinski definition) is 4. The third kappa shape index (κ3) is 3.38. The molecule has 1 aromatic rings. The molecule has 21 heavy (non-hydrogen) atoms. The van der Waals surface area contributed by atoms with Crippen LogP contribution in [0.15, 0.2) is 18.2 Å². The molecule has 2 rings (SSSR count). The van der Waals surface area contributed by atoms with E-state index in [1.165, 1.54) is 12.1 Å². The minimum Gasteiger partial charge on any atom is -0.478 e. The molecule has 1 heterocycles. The van der Waals surface area contributed by atoms with Crippen molar-refractivity contribution in [2.45, 2.75) is 6.92 Å². The quantitative estimate of drug-likeness (QED) is 0.640. The van der Waals surface area contributed by atoms with Gasteiger partial charge < -0.3 is 20.8 Å². The molecule has 4 N–H and O–H groups in total. The number of carboxylic acid groups (broad SMARTS) is 2. The Bertz CT molecular complexity index is 563. The van der Waals surface area contributed by atoms with Crippen molar-refractivity contribution in [1.29, 1.82) is 0 Å². The number of carboxylic acids is 2. The normalized spacial score (nSPS) is 15.9. The molecule has 1 fully saturated rings. The predicted molar refractivity (Wildman–Crippen MR) is 74.5 cm³/mol. The lowest BCUT2D eigenvalue weighted by molar-refractivity contribution is -0.121. The van der Waals surface area contributed by atoms with Crippen LogP contribution in [0.2, 0.25) is 0 Å². The standard InChI is InChI=1S/C14H16N2O5/c1-7(10-5-15-6-10)12(17)16-11-3-8(13(18)19)2-9(4-11)14(20)21/h2-4,7,10,15H,5-6H2,1H3,(H,16,17)(H,18,19)(H,20,21). The molecular weight excluding hydrogens is 276 g/mol. The number of carbonyl (C=O) groups is 3. The van der Waals surface area contributed by atoms with Gasteiger partial charge in [-0.1, -0.05) is 6.92 Å². The van der Waals surface area contributed by atoms with Crippen molar-refractivity contribution < 1.29 is 24.6 Å². The summed E-state index contributed by atoms with van der Waals surface area (Å²) >= 11 is 0. The molecule has 0 spiro atoms. The van der Waals surface area contributed by atoms with E-state index >= 15 is 0 Å². The summed E-state index contributed by atoms with van der Waals surface area (Å²) in [7, 11) is 0. The van der Waals surface area contributed by atoms with Crippen LogP contribution in [0.3, 0.4) is 0 Å². The van der Waals surface area contributed by atoms with E-state index in [2.05, 4.69) is 10.6 Å². The number of hydrogen-bond donors (Lipinski definition) is 4. The lowest BCUT2D eigenvalue weighted by atomic mass is 9.88. The zero-order chi connectivity index (χ0) is 15.6. The summed E-state index contributed by atoms with van der Waals surface area (Å²) in [4.78, 5) is 34.1. The van der Waals surface area contributed by atoms with Crippen LogP contribution >= 0.6 is 0 Å². The first-order chi connectivity index (χ1) is 9.88. The number of anilines is 1. The number of carbonyl (C=O) groups excluding carboxylic acids is 1. The first kappa shape index (κ1) is 15.0. The fourth-order valence-electron chi connectivity index (χ4n) is 2.08. The second kappa shape index (κ2) is 5.92. The highest BCUT2D eigenvalue weighted by molar-refractivity contribution is 5.99. The minimum atomic E-state index is -1.25. The second-order valence-electron chi connectivity index (χ2n) is 5.11. The Morgan fingerprint density at radius 1 is 1.14 bits per heavy atom. The average Bonchev–Trinajstić information content (AvgIpc) is 2.35. The lowest BCUT2D eigenvalue weighted by Crippen LogP contribution is -2.48. The van der Waals surface area contributed by atoms with Gasteiger partial charge in [-0.2, -0.15) is 0 Å². The molecular formula is C14H16N2O5. The number of aromatic carboxylic acids is 2. The zero-order valence-electron chi connectivity index (χ0n) is 11.4. The molecule has 0 bridgehead atoms. The molecule has 1 atom stereocenters. The summed E-state index contributed by atoms with van der Waals surface area (Å²) in [5.41, 5.74) is -0.178. The molecule has 0 radical (unpaired) electrons. The van der Waals surface area contributed by atoms with Crippen molar-refractivity contribution in [3.05, 3.63) is 29.3 Å². The Hall–Kier alpha value is -2.41. The van der Waals surface area contributed by atoms with Crippen molar-refractivity contribution in [1.82, 2.24) is 5.32 Å². The van der Waals surface area contributed by atoms with Gasteiger partial charge in [0.05, 0.1) is 11.1 Å². The molecule has 1 aromatic carbocycles. The lowest BCUT2D eigenvalue weighted by Gasteiger charge is -2.31. The highest BCUT2D eigenvalue weighted by atomic mass is 16.4. The Morgan fingerprint density at radius 3 is 2.05 bits per heavy atom. The maximum Gasteiger partial charge on any atom is 0.335 e. The van der Waals surface area contributed by atoms with Crippen LogP contribution in [0.4, 0.5) is 5.69 Å². The summed E-state index contributed by atoms with van der Waals surface area (Å²) in [6, 6.07) is 3.55. The molecule has 0 saturated carbocycles. The van der Waals surface area contributed by atoms with Gasteiger partial charge in [-0.05, 0) is 37.2 Å². The van der Waals surface area contributed by atoms with Gasteiger partial charge in [0.25, 0.3) is 0 Å². The highest BCUT2D eigenvalue weighted by Crippen LogP contribution is 2.20. The Balaban J connectivity index is 2.20. The molecule has 0 aliphatic carbocycles. The SMILES string of the molecule is CC(C(=O)Nc1cc(C(=O)O)cc(C(=O)O)c1)C1CNC1. The van der Waals surface area contributed by atoms with Gasteiger partial charge in [-0.3, -0.25) is 4.79 Å². The molecule has 7 nitrogen and oxygen atoms in total. The number of benzene rings is 1. The third-order valence-electron chi connectivity index (χ3n) is 3.63. The van der Waals surface area contributed by atoms with Gasteiger partial charge >= 0.3 is 11.9 Å². The molecule has 1 aliphatic rings. The van der Waals surface area contributed by atoms with Crippen LogP contribution in [0, 0.1) is 11.8 Å². The minimum absolute atomic E-state index is 0.177. The molecule has 0 aromatic heterocycles. The third-order valence-corrected chi connectivity index (χ3v) is 3.63. The number of nitrogens with one attached hydrogen (secondary N) is 2. The van der Waals surface area contributed by atoms with E-state index in [4.69, 9.17) is 10.2 Å². The van der Waals surface area contributed by atoms with E-state index in [-0.39, 0.29) is 34.6 Å². The van der Waals surface area contributed by atoms with E-state index in [1.54, 1.807) is 6.92 Å². The van der Waals surface area contributed by atoms with Crippen molar-refractivity contribution in [3.8, 4) is 0 Å². The van der Waals surface area contributed by atoms with Crippen LogP contribution in [0.5, 0.6) is 0 Å². The van der Waals surface area contributed by atoms with Gasteiger partial charge in [0.1, 0.15) is 0 Å². The number of amides is 1. The van der Waals surface area contributed by atoms with Gasteiger partial charge in [0, 0.05) is 11.6 Å². The zero-order valence-corrected chi connectivity index (χ0v) is 11.4.